The molecule has 0 saturated carbocycles. The summed E-state index contributed by atoms with van der Waals surface area (Å²) in [6.45, 7) is 3.45. The van der Waals surface area contributed by atoms with Crippen LogP contribution in [0, 0.1) is 6.92 Å². The van der Waals surface area contributed by atoms with Crippen molar-refractivity contribution in [2.45, 2.75) is 45.2 Å². The largest absolute Gasteiger partial charge is 0.335 e. The lowest BCUT2D eigenvalue weighted by Crippen LogP contribution is -2.30. The predicted molar refractivity (Wildman–Crippen MR) is 85.9 cm³/mol. The Morgan fingerprint density at radius 1 is 1.48 bits per heavy atom. The van der Waals surface area contributed by atoms with E-state index in [0.29, 0.717) is 18.1 Å². The number of aromatic nitrogens is 5. The average Bonchev–Trinajstić information content (AvgIpc) is 3.22. The molecule has 1 fully saturated rings. The molecule has 23 heavy (non-hydrogen) atoms. The van der Waals surface area contributed by atoms with Gasteiger partial charge in [0.15, 0.2) is 0 Å². The van der Waals surface area contributed by atoms with Gasteiger partial charge in [-0.1, -0.05) is 11.6 Å². The summed E-state index contributed by atoms with van der Waals surface area (Å²) in [4.78, 5) is 18.5. The monoisotopic (exact) mass is 336 g/mol. The number of amides is 1. The number of carbonyl (C=O) groups is 1. The van der Waals surface area contributed by atoms with Crippen molar-refractivity contribution >= 4 is 17.5 Å². The number of halogens is 1. The van der Waals surface area contributed by atoms with Crippen LogP contribution in [0.3, 0.4) is 0 Å². The van der Waals surface area contributed by atoms with Gasteiger partial charge in [-0.15, -0.1) is 0 Å². The summed E-state index contributed by atoms with van der Waals surface area (Å²) in [7, 11) is 1.83. The molecule has 0 radical (unpaired) electrons. The normalized spacial score (nSPS) is 17.9. The van der Waals surface area contributed by atoms with Crippen LogP contribution in [0.1, 0.15) is 43.0 Å². The van der Waals surface area contributed by atoms with Crippen LogP contribution >= 0.6 is 11.6 Å². The Labute approximate surface area is 140 Å². The van der Waals surface area contributed by atoms with Gasteiger partial charge in [0.1, 0.15) is 17.8 Å². The Morgan fingerprint density at radius 2 is 2.30 bits per heavy atom. The van der Waals surface area contributed by atoms with Crippen molar-refractivity contribution in [1.82, 2.24) is 29.4 Å². The SMILES string of the molecule is Cc1nn(C)c(Cl)c1[C@@H]1CCCN1C(=O)CCCn1cncn1. The van der Waals surface area contributed by atoms with E-state index < -0.39 is 0 Å². The Kier molecular flexibility index (Phi) is 4.66. The Bertz CT molecular complexity index is 680. The van der Waals surface area contributed by atoms with E-state index in [-0.39, 0.29) is 11.9 Å². The van der Waals surface area contributed by atoms with Gasteiger partial charge in [0, 0.05) is 32.1 Å². The molecule has 1 atom stereocenters. The van der Waals surface area contributed by atoms with Gasteiger partial charge < -0.3 is 4.90 Å². The van der Waals surface area contributed by atoms with Crippen LogP contribution in [-0.4, -0.2) is 41.9 Å². The lowest BCUT2D eigenvalue weighted by atomic mass is 10.1. The van der Waals surface area contributed by atoms with Crippen molar-refractivity contribution in [3.05, 3.63) is 29.1 Å². The minimum atomic E-state index is 0.0510. The molecule has 1 amide bonds. The van der Waals surface area contributed by atoms with Crippen LogP contribution in [0.2, 0.25) is 5.15 Å². The second-order valence-corrected chi connectivity index (χ2v) is 6.28. The highest BCUT2D eigenvalue weighted by molar-refractivity contribution is 6.30. The number of nitrogens with zero attached hydrogens (tertiary/aromatic N) is 6. The van der Waals surface area contributed by atoms with Crippen LogP contribution in [0.5, 0.6) is 0 Å². The van der Waals surface area contributed by atoms with E-state index in [1.165, 1.54) is 6.33 Å². The minimum absolute atomic E-state index is 0.0510. The van der Waals surface area contributed by atoms with Crippen LogP contribution in [0.25, 0.3) is 0 Å². The molecule has 1 saturated heterocycles. The predicted octanol–water partition coefficient (Wildman–Crippen LogP) is 2.12. The molecule has 0 unspecified atom stereocenters. The second-order valence-electron chi connectivity index (χ2n) is 5.92. The summed E-state index contributed by atoms with van der Waals surface area (Å²) in [6.07, 6.45) is 6.39. The first-order chi connectivity index (χ1) is 11.1. The molecule has 1 aliphatic rings. The fraction of sp³-hybridized carbons (Fsp3) is 0.600. The molecule has 7 nitrogen and oxygen atoms in total. The fourth-order valence-electron chi connectivity index (χ4n) is 3.27. The topological polar surface area (TPSA) is 68.8 Å². The first kappa shape index (κ1) is 16.0. The lowest BCUT2D eigenvalue weighted by Gasteiger charge is -2.25. The number of rotatable bonds is 5. The maximum absolute atomic E-state index is 12.6. The number of hydrogen-bond donors (Lipinski definition) is 0. The smallest absolute Gasteiger partial charge is 0.223 e. The summed E-state index contributed by atoms with van der Waals surface area (Å²) >= 11 is 6.38. The first-order valence-corrected chi connectivity index (χ1v) is 8.26. The van der Waals surface area contributed by atoms with Gasteiger partial charge in [0.2, 0.25) is 5.91 Å². The summed E-state index contributed by atoms with van der Waals surface area (Å²) < 4.78 is 3.43. The van der Waals surface area contributed by atoms with E-state index in [1.54, 1.807) is 15.7 Å². The van der Waals surface area contributed by atoms with Gasteiger partial charge in [-0.25, -0.2) is 4.98 Å². The zero-order valence-corrected chi connectivity index (χ0v) is 14.2. The molecule has 0 N–H and O–H groups in total. The first-order valence-electron chi connectivity index (χ1n) is 7.89. The number of hydrogen-bond acceptors (Lipinski definition) is 4. The lowest BCUT2D eigenvalue weighted by molar-refractivity contribution is -0.132. The van der Waals surface area contributed by atoms with Crippen LogP contribution in [0.4, 0.5) is 0 Å². The summed E-state index contributed by atoms with van der Waals surface area (Å²) in [5.41, 5.74) is 1.90. The van der Waals surface area contributed by atoms with E-state index >= 15 is 0 Å². The molecule has 2 aromatic rings. The molecular weight excluding hydrogens is 316 g/mol. The van der Waals surface area contributed by atoms with E-state index in [2.05, 4.69) is 15.2 Å². The van der Waals surface area contributed by atoms with Crippen LogP contribution < -0.4 is 0 Å². The highest BCUT2D eigenvalue weighted by Crippen LogP contribution is 2.37. The fourth-order valence-corrected chi connectivity index (χ4v) is 3.57. The third-order valence-corrected chi connectivity index (χ3v) is 4.80. The van der Waals surface area contributed by atoms with E-state index in [4.69, 9.17) is 11.6 Å². The molecule has 0 aromatic carbocycles. The van der Waals surface area contributed by atoms with Crippen molar-refractivity contribution in [2.75, 3.05) is 6.54 Å². The molecule has 8 heteroatoms. The van der Waals surface area contributed by atoms with Gasteiger partial charge in [0.25, 0.3) is 0 Å². The Balaban J connectivity index is 1.65. The second kappa shape index (κ2) is 6.70. The molecule has 124 valence electrons. The maximum Gasteiger partial charge on any atom is 0.223 e. The molecule has 0 bridgehead atoms. The Morgan fingerprint density at radius 3 is 2.96 bits per heavy atom. The number of aryl methyl sites for hydroxylation is 3. The van der Waals surface area contributed by atoms with Gasteiger partial charge in [-0.05, 0) is 26.2 Å². The average molecular weight is 337 g/mol. The van der Waals surface area contributed by atoms with Crippen molar-refractivity contribution < 1.29 is 4.79 Å². The number of likely N-dealkylation sites (tertiary alicyclic amines) is 1. The third kappa shape index (κ3) is 3.24. The van der Waals surface area contributed by atoms with E-state index in [9.17, 15) is 4.79 Å². The maximum atomic E-state index is 12.6. The van der Waals surface area contributed by atoms with Crippen LogP contribution in [0.15, 0.2) is 12.7 Å². The standard InChI is InChI=1S/C15H21ClN6O/c1-11-14(15(16)20(2)19-11)12-5-3-8-22(12)13(23)6-4-7-21-10-17-9-18-21/h9-10,12H,3-8H2,1-2H3/t12-/m0/s1. The van der Waals surface area contributed by atoms with Gasteiger partial charge in [-0.3, -0.25) is 14.2 Å². The van der Waals surface area contributed by atoms with Gasteiger partial charge >= 0.3 is 0 Å². The zero-order chi connectivity index (χ0) is 16.4. The molecule has 2 aromatic heterocycles. The molecule has 3 heterocycles. The quantitative estimate of drug-likeness (QED) is 0.838. The van der Waals surface area contributed by atoms with Gasteiger partial charge in [0.05, 0.1) is 11.7 Å². The summed E-state index contributed by atoms with van der Waals surface area (Å²) in [5.74, 6) is 0.173. The van der Waals surface area contributed by atoms with Crippen LogP contribution in [-0.2, 0) is 18.4 Å². The van der Waals surface area contributed by atoms with Crippen molar-refractivity contribution in [2.24, 2.45) is 7.05 Å². The third-order valence-electron chi connectivity index (χ3n) is 4.35. The van der Waals surface area contributed by atoms with Gasteiger partial charge in [-0.2, -0.15) is 10.2 Å². The molecule has 1 aliphatic heterocycles. The molecule has 0 aliphatic carbocycles. The highest BCUT2D eigenvalue weighted by atomic mass is 35.5. The summed E-state index contributed by atoms with van der Waals surface area (Å²) in [6, 6.07) is 0.0510. The minimum Gasteiger partial charge on any atom is -0.335 e. The number of carbonyl (C=O) groups excluding carboxylic acids is 1. The zero-order valence-electron chi connectivity index (χ0n) is 13.4. The highest BCUT2D eigenvalue weighted by Gasteiger charge is 2.33. The Hall–Kier alpha value is -1.89. The van der Waals surface area contributed by atoms with Crippen molar-refractivity contribution in [3.8, 4) is 0 Å². The van der Waals surface area contributed by atoms with E-state index in [1.807, 2.05) is 18.9 Å². The molecule has 3 rings (SSSR count). The molecular formula is C15H21ClN6O. The van der Waals surface area contributed by atoms with E-state index in [0.717, 1.165) is 37.1 Å². The van der Waals surface area contributed by atoms with Crippen molar-refractivity contribution in [3.63, 3.8) is 0 Å². The summed E-state index contributed by atoms with van der Waals surface area (Å²) in [5, 5.41) is 9.06. The van der Waals surface area contributed by atoms with Crippen molar-refractivity contribution in [1.29, 1.82) is 0 Å². The molecule has 0 spiro atoms.